The van der Waals surface area contributed by atoms with Crippen LogP contribution in [0.15, 0.2) is 35.3 Å². The van der Waals surface area contributed by atoms with E-state index in [1.54, 1.807) is 0 Å². The number of nitrogens with zero attached hydrogens (tertiary/aromatic N) is 3. The Kier molecular flexibility index (Phi) is 7.27. The normalized spacial score (nSPS) is 12.3. The highest BCUT2D eigenvalue weighted by molar-refractivity contribution is 5.79. The van der Waals surface area contributed by atoms with Gasteiger partial charge in [0.05, 0.1) is 17.8 Å². The molecule has 0 aliphatic carbocycles. The van der Waals surface area contributed by atoms with Crippen molar-refractivity contribution in [1.29, 1.82) is 0 Å². The van der Waals surface area contributed by atoms with Gasteiger partial charge >= 0.3 is 6.18 Å². The molecule has 148 valence electrons. The molecule has 27 heavy (non-hydrogen) atoms. The van der Waals surface area contributed by atoms with Crippen LogP contribution in [0.3, 0.4) is 0 Å². The van der Waals surface area contributed by atoms with Crippen LogP contribution in [0.5, 0.6) is 0 Å². The van der Waals surface area contributed by atoms with Gasteiger partial charge in [0.2, 0.25) is 0 Å². The number of alkyl halides is 3. The van der Waals surface area contributed by atoms with Crippen LogP contribution in [0.1, 0.15) is 35.9 Å². The van der Waals surface area contributed by atoms with Crippen LogP contribution >= 0.6 is 0 Å². The number of aromatic nitrogens is 2. The molecule has 1 aromatic heterocycles. The third-order valence-corrected chi connectivity index (χ3v) is 3.99. The Morgan fingerprint density at radius 2 is 1.85 bits per heavy atom. The molecule has 0 aliphatic heterocycles. The fourth-order valence-corrected chi connectivity index (χ4v) is 2.65. The van der Waals surface area contributed by atoms with Gasteiger partial charge in [-0.15, -0.1) is 0 Å². The number of guanidine groups is 1. The molecular formula is C19H26F3N5. The molecule has 0 saturated carbocycles. The number of rotatable bonds is 7. The van der Waals surface area contributed by atoms with Crippen molar-refractivity contribution in [3.63, 3.8) is 0 Å². The van der Waals surface area contributed by atoms with Crippen LogP contribution in [0.4, 0.5) is 13.2 Å². The van der Waals surface area contributed by atoms with Gasteiger partial charge in [0.1, 0.15) is 0 Å². The van der Waals surface area contributed by atoms with Gasteiger partial charge in [-0.1, -0.05) is 12.1 Å². The SMILES string of the molecule is CCNC(=NCc1ccc(C(F)(F)F)cc1)NCCCn1nc(C)cc1C. The van der Waals surface area contributed by atoms with Crippen molar-refractivity contribution < 1.29 is 13.2 Å². The van der Waals surface area contributed by atoms with E-state index in [4.69, 9.17) is 0 Å². The molecule has 0 radical (unpaired) electrons. The smallest absolute Gasteiger partial charge is 0.357 e. The fourth-order valence-electron chi connectivity index (χ4n) is 2.65. The molecule has 0 bridgehead atoms. The van der Waals surface area contributed by atoms with E-state index in [0.717, 1.165) is 48.6 Å². The number of benzene rings is 1. The quantitative estimate of drug-likeness (QED) is 0.437. The molecule has 0 fully saturated rings. The molecule has 0 amide bonds. The third kappa shape index (κ3) is 6.62. The van der Waals surface area contributed by atoms with E-state index >= 15 is 0 Å². The molecule has 1 heterocycles. The highest BCUT2D eigenvalue weighted by Crippen LogP contribution is 2.29. The minimum atomic E-state index is -4.32. The second-order valence-corrected chi connectivity index (χ2v) is 6.32. The fraction of sp³-hybridized carbons (Fsp3) is 0.474. The summed E-state index contributed by atoms with van der Waals surface area (Å²) in [5.41, 5.74) is 2.22. The Morgan fingerprint density at radius 3 is 2.41 bits per heavy atom. The van der Waals surface area contributed by atoms with Crippen molar-refractivity contribution in [2.45, 2.75) is 46.5 Å². The standard InChI is InChI=1S/C19H26F3N5/c1-4-23-18(24-10-5-11-27-15(3)12-14(2)26-27)25-13-16-6-8-17(9-7-16)19(20,21)22/h6-9,12H,4-5,10-11,13H2,1-3H3,(H2,23,24,25). The lowest BCUT2D eigenvalue weighted by Crippen LogP contribution is -2.38. The predicted molar refractivity (Wildman–Crippen MR) is 101 cm³/mol. The molecular weight excluding hydrogens is 355 g/mol. The van der Waals surface area contributed by atoms with E-state index in [2.05, 4.69) is 20.7 Å². The van der Waals surface area contributed by atoms with Crippen LogP contribution in [0.2, 0.25) is 0 Å². The molecule has 0 aliphatic rings. The average Bonchev–Trinajstić information content (AvgIpc) is 2.93. The minimum Gasteiger partial charge on any atom is -0.357 e. The summed E-state index contributed by atoms with van der Waals surface area (Å²) in [6, 6.07) is 7.12. The van der Waals surface area contributed by atoms with Crippen molar-refractivity contribution in [3.8, 4) is 0 Å². The number of hydrogen-bond donors (Lipinski definition) is 2. The van der Waals surface area contributed by atoms with Gasteiger partial charge < -0.3 is 10.6 Å². The Bertz CT molecular complexity index is 748. The van der Waals surface area contributed by atoms with Crippen molar-refractivity contribution in [1.82, 2.24) is 20.4 Å². The van der Waals surface area contributed by atoms with E-state index in [1.165, 1.54) is 12.1 Å². The molecule has 2 N–H and O–H groups in total. The van der Waals surface area contributed by atoms with Gasteiger partial charge in [-0.05, 0) is 51.0 Å². The number of nitrogens with one attached hydrogen (secondary N) is 2. The van der Waals surface area contributed by atoms with E-state index < -0.39 is 11.7 Å². The summed E-state index contributed by atoms with van der Waals surface area (Å²) in [5, 5.41) is 10.8. The van der Waals surface area contributed by atoms with Crippen LogP contribution in [-0.4, -0.2) is 28.8 Å². The zero-order valence-electron chi connectivity index (χ0n) is 15.9. The summed E-state index contributed by atoms with van der Waals surface area (Å²) in [6.07, 6.45) is -3.43. The lowest BCUT2D eigenvalue weighted by atomic mass is 10.1. The molecule has 8 heteroatoms. The Morgan fingerprint density at radius 1 is 1.15 bits per heavy atom. The van der Waals surface area contributed by atoms with Crippen LogP contribution in [0, 0.1) is 13.8 Å². The Labute approximate surface area is 157 Å². The molecule has 0 spiro atoms. The molecule has 1 aromatic carbocycles. The van der Waals surface area contributed by atoms with Crippen molar-refractivity contribution in [2.75, 3.05) is 13.1 Å². The number of aryl methyl sites for hydroxylation is 3. The molecule has 0 unspecified atom stereocenters. The van der Waals surface area contributed by atoms with E-state index in [1.807, 2.05) is 31.5 Å². The first-order valence-corrected chi connectivity index (χ1v) is 8.99. The van der Waals surface area contributed by atoms with Crippen LogP contribution < -0.4 is 10.6 Å². The predicted octanol–water partition coefficient (Wildman–Crippen LogP) is 3.66. The number of halogens is 3. The van der Waals surface area contributed by atoms with E-state index in [-0.39, 0.29) is 0 Å². The Hall–Kier alpha value is -2.51. The number of aliphatic imine (C=N–C) groups is 1. The van der Waals surface area contributed by atoms with Crippen LogP contribution in [-0.2, 0) is 19.3 Å². The number of hydrogen-bond acceptors (Lipinski definition) is 2. The summed E-state index contributed by atoms with van der Waals surface area (Å²) < 4.78 is 39.8. The summed E-state index contributed by atoms with van der Waals surface area (Å²) in [5.74, 6) is 0.644. The summed E-state index contributed by atoms with van der Waals surface area (Å²) >= 11 is 0. The largest absolute Gasteiger partial charge is 0.416 e. The van der Waals surface area contributed by atoms with Gasteiger partial charge in [-0.25, -0.2) is 4.99 Å². The second kappa shape index (κ2) is 9.43. The van der Waals surface area contributed by atoms with Gasteiger partial charge in [0.15, 0.2) is 5.96 Å². The molecule has 0 saturated heterocycles. The van der Waals surface area contributed by atoms with Crippen molar-refractivity contribution in [3.05, 3.63) is 52.8 Å². The Balaban J connectivity index is 1.85. The highest BCUT2D eigenvalue weighted by atomic mass is 19.4. The van der Waals surface area contributed by atoms with E-state index in [0.29, 0.717) is 19.0 Å². The molecule has 5 nitrogen and oxygen atoms in total. The molecule has 0 atom stereocenters. The second-order valence-electron chi connectivity index (χ2n) is 6.32. The van der Waals surface area contributed by atoms with Gasteiger partial charge in [-0.3, -0.25) is 4.68 Å². The first-order chi connectivity index (χ1) is 12.8. The first-order valence-electron chi connectivity index (χ1n) is 8.99. The van der Waals surface area contributed by atoms with Gasteiger partial charge in [0, 0.05) is 25.3 Å². The summed E-state index contributed by atoms with van der Waals surface area (Å²) in [6.45, 7) is 8.51. The van der Waals surface area contributed by atoms with Crippen molar-refractivity contribution in [2.24, 2.45) is 4.99 Å². The lowest BCUT2D eigenvalue weighted by molar-refractivity contribution is -0.137. The van der Waals surface area contributed by atoms with Gasteiger partial charge in [-0.2, -0.15) is 18.3 Å². The summed E-state index contributed by atoms with van der Waals surface area (Å²) in [7, 11) is 0. The van der Waals surface area contributed by atoms with Gasteiger partial charge in [0.25, 0.3) is 0 Å². The monoisotopic (exact) mass is 381 g/mol. The topological polar surface area (TPSA) is 54.2 Å². The average molecular weight is 381 g/mol. The third-order valence-electron chi connectivity index (χ3n) is 3.99. The van der Waals surface area contributed by atoms with Crippen LogP contribution in [0.25, 0.3) is 0 Å². The first kappa shape index (κ1) is 20.8. The van der Waals surface area contributed by atoms with Crippen molar-refractivity contribution >= 4 is 5.96 Å². The maximum atomic E-state index is 12.6. The lowest BCUT2D eigenvalue weighted by Gasteiger charge is -2.12. The summed E-state index contributed by atoms with van der Waals surface area (Å²) in [4.78, 5) is 4.43. The zero-order chi connectivity index (χ0) is 19.9. The molecule has 2 aromatic rings. The minimum absolute atomic E-state index is 0.310. The maximum absolute atomic E-state index is 12.6. The molecule has 2 rings (SSSR count). The maximum Gasteiger partial charge on any atom is 0.416 e. The highest BCUT2D eigenvalue weighted by Gasteiger charge is 2.29. The van der Waals surface area contributed by atoms with E-state index in [9.17, 15) is 13.2 Å². The zero-order valence-corrected chi connectivity index (χ0v) is 15.9.